The smallest absolute Gasteiger partial charge is 0.0905 e. The summed E-state index contributed by atoms with van der Waals surface area (Å²) in [5.74, 6) is 0.293. The third kappa shape index (κ3) is 4.24. The van der Waals surface area contributed by atoms with Crippen LogP contribution in [0.25, 0.3) is 0 Å². The standard InChI is InChI=1S/C9H19N3O/c1-8-7-12(5-6-13-8)4-2-3-9(10)11/h8H,2-7H2,1H3,(H3,10,11). The number of hydrogen-bond donors (Lipinski definition) is 2. The van der Waals surface area contributed by atoms with Gasteiger partial charge in [-0.25, -0.2) is 0 Å². The van der Waals surface area contributed by atoms with Gasteiger partial charge in [0.15, 0.2) is 0 Å². The fourth-order valence-corrected chi connectivity index (χ4v) is 1.59. The highest BCUT2D eigenvalue weighted by Crippen LogP contribution is 2.05. The number of nitrogens with one attached hydrogen (secondary N) is 1. The van der Waals surface area contributed by atoms with E-state index in [1.54, 1.807) is 0 Å². The molecule has 0 amide bonds. The Kier molecular flexibility index (Phi) is 4.18. The molecule has 1 fully saturated rings. The quantitative estimate of drug-likeness (QED) is 0.493. The maximum Gasteiger partial charge on any atom is 0.0905 e. The SMILES string of the molecule is CC1CN(CCCC(=N)N)CCO1. The van der Waals surface area contributed by atoms with Gasteiger partial charge < -0.3 is 10.5 Å². The summed E-state index contributed by atoms with van der Waals surface area (Å²) in [7, 11) is 0. The second-order valence-electron chi connectivity index (χ2n) is 3.61. The van der Waals surface area contributed by atoms with E-state index < -0.39 is 0 Å². The van der Waals surface area contributed by atoms with E-state index in [1.807, 2.05) is 0 Å². The van der Waals surface area contributed by atoms with E-state index in [4.69, 9.17) is 15.9 Å². The lowest BCUT2D eigenvalue weighted by Crippen LogP contribution is -2.41. The molecule has 0 aliphatic carbocycles. The van der Waals surface area contributed by atoms with Crippen molar-refractivity contribution in [3.05, 3.63) is 0 Å². The van der Waals surface area contributed by atoms with Crippen LogP contribution < -0.4 is 5.73 Å². The minimum atomic E-state index is 0.293. The Hall–Kier alpha value is -0.610. The number of ether oxygens (including phenoxy) is 1. The van der Waals surface area contributed by atoms with Gasteiger partial charge in [0, 0.05) is 19.5 Å². The molecule has 0 aromatic heterocycles. The summed E-state index contributed by atoms with van der Waals surface area (Å²) in [5, 5.41) is 7.09. The van der Waals surface area contributed by atoms with Gasteiger partial charge in [-0.3, -0.25) is 10.3 Å². The second kappa shape index (κ2) is 5.19. The average molecular weight is 185 g/mol. The summed E-state index contributed by atoms with van der Waals surface area (Å²) in [5.41, 5.74) is 5.28. The number of amidine groups is 1. The molecule has 0 spiro atoms. The molecule has 1 saturated heterocycles. The van der Waals surface area contributed by atoms with Crippen molar-refractivity contribution in [3.8, 4) is 0 Å². The minimum absolute atomic E-state index is 0.293. The topological polar surface area (TPSA) is 62.3 Å². The van der Waals surface area contributed by atoms with E-state index in [1.165, 1.54) is 0 Å². The molecule has 0 aromatic carbocycles. The number of morpholine rings is 1. The van der Waals surface area contributed by atoms with Gasteiger partial charge in [0.25, 0.3) is 0 Å². The van der Waals surface area contributed by atoms with Gasteiger partial charge in [-0.05, 0) is 19.9 Å². The van der Waals surface area contributed by atoms with Gasteiger partial charge in [-0.15, -0.1) is 0 Å². The van der Waals surface area contributed by atoms with Crippen LogP contribution in [0.2, 0.25) is 0 Å². The van der Waals surface area contributed by atoms with Crippen molar-refractivity contribution in [2.24, 2.45) is 5.73 Å². The summed E-state index contributed by atoms with van der Waals surface area (Å²) in [6, 6.07) is 0. The normalized spacial score (nSPS) is 24.5. The average Bonchev–Trinajstić information content (AvgIpc) is 2.03. The molecule has 1 unspecified atom stereocenters. The highest BCUT2D eigenvalue weighted by molar-refractivity contribution is 5.76. The van der Waals surface area contributed by atoms with Gasteiger partial charge >= 0.3 is 0 Å². The van der Waals surface area contributed by atoms with Crippen LogP contribution in [0.15, 0.2) is 0 Å². The predicted octanol–water partition coefficient (Wildman–Crippen LogP) is 0.423. The third-order valence-electron chi connectivity index (χ3n) is 2.25. The van der Waals surface area contributed by atoms with Crippen molar-refractivity contribution in [1.29, 1.82) is 5.41 Å². The molecule has 0 radical (unpaired) electrons. The Bertz CT molecular complexity index is 172. The van der Waals surface area contributed by atoms with E-state index in [-0.39, 0.29) is 0 Å². The van der Waals surface area contributed by atoms with Crippen molar-refractivity contribution < 1.29 is 4.74 Å². The zero-order valence-electron chi connectivity index (χ0n) is 8.25. The zero-order chi connectivity index (χ0) is 9.68. The Morgan fingerprint density at radius 3 is 3.08 bits per heavy atom. The maximum atomic E-state index is 7.09. The molecule has 1 aliphatic rings. The van der Waals surface area contributed by atoms with E-state index in [0.717, 1.165) is 32.7 Å². The summed E-state index contributed by atoms with van der Waals surface area (Å²) in [4.78, 5) is 2.37. The Morgan fingerprint density at radius 2 is 2.46 bits per heavy atom. The molecule has 1 aliphatic heterocycles. The maximum absolute atomic E-state index is 7.09. The van der Waals surface area contributed by atoms with Crippen LogP contribution in [0.1, 0.15) is 19.8 Å². The van der Waals surface area contributed by atoms with Crippen LogP contribution in [0, 0.1) is 5.41 Å². The van der Waals surface area contributed by atoms with Crippen molar-refractivity contribution in [2.45, 2.75) is 25.9 Å². The van der Waals surface area contributed by atoms with Crippen LogP contribution in [0.5, 0.6) is 0 Å². The molecule has 4 heteroatoms. The van der Waals surface area contributed by atoms with E-state index in [9.17, 15) is 0 Å². The van der Waals surface area contributed by atoms with Crippen LogP contribution in [-0.4, -0.2) is 43.1 Å². The second-order valence-corrected chi connectivity index (χ2v) is 3.61. The van der Waals surface area contributed by atoms with Crippen molar-refractivity contribution in [1.82, 2.24) is 4.90 Å². The van der Waals surface area contributed by atoms with Crippen LogP contribution in [-0.2, 0) is 4.74 Å². The van der Waals surface area contributed by atoms with Gasteiger partial charge in [0.1, 0.15) is 0 Å². The van der Waals surface area contributed by atoms with E-state index in [2.05, 4.69) is 11.8 Å². The lowest BCUT2D eigenvalue weighted by Gasteiger charge is -2.30. The Morgan fingerprint density at radius 1 is 1.69 bits per heavy atom. The highest BCUT2D eigenvalue weighted by atomic mass is 16.5. The number of hydrogen-bond acceptors (Lipinski definition) is 3. The summed E-state index contributed by atoms with van der Waals surface area (Å²) < 4.78 is 5.43. The van der Waals surface area contributed by atoms with Gasteiger partial charge in [-0.1, -0.05) is 0 Å². The molecule has 0 bridgehead atoms. The van der Waals surface area contributed by atoms with Crippen molar-refractivity contribution in [3.63, 3.8) is 0 Å². The Balaban J connectivity index is 2.10. The molecular formula is C9H19N3O. The fraction of sp³-hybridized carbons (Fsp3) is 0.889. The molecule has 0 aromatic rings. The zero-order valence-corrected chi connectivity index (χ0v) is 8.25. The van der Waals surface area contributed by atoms with Crippen LogP contribution in [0.4, 0.5) is 0 Å². The first-order valence-corrected chi connectivity index (χ1v) is 4.85. The summed E-state index contributed by atoms with van der Waals surface area (Å²) in [6.45, 7) is 5.99. The molecule has 4 nitrogen and oxygen atoms in total. The molecule has 3 N–H and O–H groups in total. The summed E-state index contributed by atoms with van der Waals surface area (Å²) in [6.07, 6.45) is 2.06. The van der Waals surface area contributed by atoms with Crippen LogP contribution >= 0.6 is 0 Å². The molecule has 13 heavy (non-hydrogen) atoms. The first kappa shape index (κ1) is 10.5. The Labute approximate surface area is 79.6 Å². The van der Waals surface area contributed by atoms with E-state index in [0.29, 0.717) is 18.4 Å². The lowest BCUT2D eigenvalue weighted by molar-refractivity contribution is -0.0182. The van der Waals surface area contributed by atoms with Crippen molar-refractivity contribution in [2.75, 3.05) is 26.2 Å². The van der Waals surface area contributed by atoms with Gasteiger partial charge in [0.05, 0.1) is 18.5 Å². The van der Waals surface area contributed by atoms with Crippen LogP contribution in [0.3, 0.4) is 0 Å². The molecule has 76 valence electrons. The minimum Gasteiger partial charge on any atom is -0.388 e. The largest absolute Gasteiger partial charge is 0.388 e. The molecule has 1 rings (SSSR count). The van der Waals surface area contributed by atoms with E-state index >= 15 is 0 Å². The lowest BCUT2D eigenvalue weighted by atomic mass is 10.2. The van der Waals surface area contributed by atoms with Gasteiger partial charge in [-0.2, -0.15) is 0 Å². The fourth-order valence-electron chi connectivity index (χ4n) is 1.59. The third-order valence-corrected chi connectivity index (χ3v) is 2.25. The number of nitrogens with zero attached hydrogens (tertiary/aromatic N) is 1. The van der Waals surface area contributed by atoms with Gasteiger partial charge in [0.2, 0.25) is 0 Å². The predicted molar refractivity (Wildman–Crippen MR) is 53.0 cm³/mol. The number of rotatable bonds is 4. The highest BCUT2D eigenvalue weighted by Gasteiger charge is 2.15. The first-order chi connectivity index (χ1) is 6.18. The first-order valence-electron chi connectivity index (χ1n) is 4.85. The molecule has 1 heterocycles. The number of nitrogens with two attached hydrogens (primary N) is 1. The molecule has 0 saturated carbocycles. The molecular weight excluding hydrogens is 166 g/mol. The molecule has 1 atom stereocenters. The monoisotopic (exact) mass is 185 g/mol. The van der Waals surface area contributed by atoms with Crippen molar-refractivity contribution >= 4 is 5.84 Å². The summed E-state index contributed by atoms with van der Waals surface area (Å²) >= 11 is 0.